The molecule has 0 aliphatic heterocycles. The summed E-state index contributed by atoms with van der Waals surface area (Å²) in [6, 6.07) is 3.00. The number of nitrogens with zero attached hydrogens (tertiary/aromatic N) is 1. The summed E-state index contributed by atoms with van der Waals surface area (Å²) in [7, 11) is 0. The van der Waals surface area contributed by atoms with Crippen LogP contribution in [0.3, 0.4) is 0 Å². The summed E-state index contributed by atoms with van der Waals surface area (Å²) in [4.78, 5) is 0. The minimum Gasteiger partial charge on any atom is -0.282 e. The number of aromatic nitrogens is 2. The molecule has 0 radical (unpaired) electrons. The Morgan fingerprint density at radius 3 is 2.64 bits per heavy atom. The summed E-state index contributed by atoms with van der Waals surface area (Å²) in [6.45, 7) is 5.86. The van der Waals surface area contributed by atoms with E-state index in [-0.39, 0.29) is 5.02 Å². The standard InChI is InChI=1S/C8H6ClFN2.C2H6/c1-4-5-2-3-6(10)7(9)8(5)12-11-4;1-2/h2-3H,1H3,(H,11,12);1-2H3. The second-order valence-electron chi connectivity index (χ2n) is 2.61. The van der Waals surface area contributed by atoms with Gasteiger partial charge < -0.3 is 0 Å². The number of rotatable bonds is 0. The highest BCUT2D eigenvalue weighted by Gasteiger charge is 2.08. The number of hydrogen-bond acceptors (Lipinski definition) is 1. The lowest BCUT2D eigenvalue weighted by molar-refractivity contribution is 0.630. The van der Waals surface area contributed by atoms with Gasteiger partial charge in [0.25, 0.3) is 0 Å². The van der Waals surface area contributed by atoms with Crippen LogP contribution in [0.15, 0.2) is 12.1 Å². The largest absolute Gasteiger partial charge is 0.282 e. The van der Waals surface area contributed by atoms with E-state index in [1.807, 2.05) is 20.8 Å². The Morgan fingerprint density at radius 1 is 1.36 bits per heavy atom. The van der Waals surface area contributed by atoms with Crippen molar-refractivity contribution in [3.63, 3.8) is 0 Å². The Labute approximate surface area is 87.1 Å². The van der Waals surface area contributed by atoms with Gasteiger partial charge in [0.15, 0.2) is 0 Å². The number of fused-ring (bicyclic) bond motifs is 1. The molecule has 2 nitrogen and oxygen atoms in total. The summed E-state index contributed by atoms with van der Waals surface area (Å²) >= 11 is 5.68. The molecule has 0 saturated carbocycles. The fourth-order valence-electron chi connectivity index (χ4n) is 1.15. The first-order valence-corrected chi connectivity index (χ1v) is 4.86. The van der Waals surface area contributed by atoms with Gasteiger partial charge in [0.1, 0.15) is 16.4 Å². The molecule has 0 spiro atoms. The van der Waals surface area contributed by atoms with Crippen LogP contribution in [0.2, 0.25) is 5.02 Å². The van der Waals surface area contributed by atoms with E-state index >= 15 is 0 Å². The number of benzene rings is 1. The molecule has 0 aliphatic carbocycles. The van der Waals surface area contributed by atoms with Gasteiger partial charge in [-0.25, -0.2) is 4.39 Å². The molecule has 0 bridgehead atoms. The van der Waals surface area contributed by atoms with Gasteiger partial charge in [0.2, 0.25) is 0 Å². The molecule has 1 N–H and O–H groups in total. The topological polar surface area (TPSA) is 28.7 Å². The molecule has 1 aromatic carbocycles. The van der Waals surface area contributed by atoms with Crippen LogP contribution < -0.4 is 0 Å². The van der Waals surface area contributed by atoms with Crippen molar-refractivity contribution >= 4 is 22.5 Å². The first-order chi connectivity index (χ1) is 6.70. The lowest BCUT2D eigenvalue weighted by Crippen LogP contribution is -1.77. The predicted octanol–water partition coefficient (Wildman–Crippen LogP) is 3.69. The van der Waals surface area contributed by atoms with Crippen molar-refractivity contribution in [1.29, 1.82) is 0 Å². The Kier molecular flexibility index (Phi) is 3.47. The molecular formula is C10H12ClFN2. The summed E-state index contributed by atoms with van der Waals surface area (Å²) in [6.07, 6.45) is 0. The third-order valence-corrected chi connectivity index (χ3v) is 2.17. The van der Waals surface area contributed by atoms with Gasteiger partial charge in [-0.15, -0.1) is 0 Å². The van der Waals surface area contributed by atoms with E-state index in [4.69, 9.17) is 11.6 Å². The molecule has 4 heteroatoms. The molecule has 0 amide bonds. The van der Waals surface area contributed by atoms with Crippen LogP contribution in [0, 0.1) is 12.7 Å². The van der Waals surface area contributed by atoms with Gasteiger partial charge in [-0.2, -0.15) is 5.10 Å². The molecule has 1 heterocycles. The monoisotopic (exact) mass is 214 g/mol. The van der Waals surface area contributed by atoms with Crippen molar-refractivity contribution in [1.82, 2.24) is 10.2 Å². The summed E-state index contributed by atoms with van der Waals surface area (Å²) in [5.74, 6) is -0.435. The lowest BCUT2D eigenvalue weighted by Gasteiger charge is -1.93. The molecule has 0 unspecified atom stereocenters. The van der Waals surface area contributed by atoms with E-state index in [0.29, 0.717) is 5.52 Å². The van der Waals surface area contributed by atoms with Gasteiger partial charge >= 0.3 is 0 Å². The van der Waals surface area contributed by atoms with Crippen LogP contribution in [0.5, 0.6) is 0 Å². The number of H-pyrrole nitrogens is 1. The van der Waals surface area contributed by atoms with Crippen LogP contribution in [0.4, 0.5) is 4.39 Å². The lowest BCUT2D eigenvalue weighted by atomic mass is 10.2. The number of aromatic amines is 1. The normalized spacial score (nSPS) is 9.79. The number of nitrogens with one attached hydrogen (secondary N) is 1. The molecule has 0 saturated heterocycles. The third-order valence-electron chi connectivity index (χ3n) is 1.81. The summed E-state index contributed by atoms with van der Waals surface area (Å²) in [5.41, 5.74) is 1.39. The van der Waals surface area contributed by atoms with Crippen molar-refractivity contribution in [2.24, 2.45) is 0 Å². The first kappa shape index (κ1) is 11.0. The van der Waals surface area contributed by atoms with Crippen molar-refractivity contribution in [2.75, 3.05) is 0 Å². The van der Waals surface area contributed by atoms with E-state index in [0.717, 1.165) is 11.1 Å². The van der Waals surface area contributed by atoms with Crippen molar-refractivity contribution in [2.45, 2.75) is 20.8 Å². The van der Waals surface area contributed by atoms with Gasteiger partial charge in [-0.1, -0.05) is 25.4 Å². The molecule has 0 fully saturated rings. The van der Waals surface area contributed by atoms with Crippen molar-refractivity contribution in [3.05, 3.63) is 28.7 Å². The molecule has 0 atom stereocenters. The first-order valence-electron chi connectivity index (χ1n) is 4.49. The zero-order valence-corrected chi connectivity index (χ0v) is 9.11. The number of aryl methyl sites for hydroxylation is 1. The van der Waals surface area contributed by atoms with Crippen LogP contribution in [-0.2, 0) is 0 Å². The zero-order valence-electron chi connectivity index (χ0n) is 8.36. The smallest absolute Gasteiger partial charge is 0.144 e. The Bertz CT molecular complexity index is 437. The predicted molar refractivity (Wildman–Crippen MR) is 57.1 cm³/mol. The molecule has 14 heavy (non-hydrogen) atoms. The minimum atomic E-state index is -0.435. The zero-order chi connectivity index (χ0) is 10.7. The molecule has 76 valence electrons. The molecule has 2 aromatic rings. The second-order valence-corrected chi connectivity index (χ2v) is 2.98. The Balaban J connectivity index is 0.000000461. The summed E-state index contributed by atoms with van der Waals surface area (Å²) in [5, 5.41) is 7.57. The van der Waals surface area contributed by atoms with E-state index in [2.05, 4.69) is 10.2 Å². The second kappa shape index (κ2) is 4.42. The van der Waals surface area contributed by atoms with Gasteiger partial charge in [-0.3, -0.25) is 5.10 Å². The highest BCUT2D eigenvalue weighted by atomic mass is 35.5. The minimum absolute atomic E-state index is 0.0804. The van der Waals surface area contributed by atoms with Crippen LogP contribution >= 0.6 is 11.6 Å². The number of halogens is 2. The summed E-state index contributed by atoms with van der Waals surface area (Å²) < 4.78 is 12.9. The highest BCUT2D eigenvalue weighted by molar-refractivity contribution is 6.35. The Hall–Kier alpha value is -1.09. The molecular weight excluding hydrogens is 203 g/mol. The fraction of sp³-hybridized carbons (Fsp3) is 0.300. The third kappa shape index (κ3) is 1.73. The van der Waals surface area contributed by atoms with Crippen LogP contribution in [0.25, 0.3) is 10.9 Å². The van der Waals surface area contributed by atoms with E-state index in [9.17, 15) is 4.39 Å². The molecule has 1 aromatic heterocycles. The maximum atomic E-state index is 12.9. The van der Waals surface area contributed by atoms with E-state index < -0.39 is 5.82 Å². The molecule has 2 rings (SSSR count). The maximum absolute atomic E-state index is 12.9. The average molecular weight is 215 g/mol. The van der Waals surface area contributed by atoms with Gasteiger partial charge in [0.05, 0.1) is 0 Å². The average Bonchev–Trinajstić information content (AvgIpc) is 2.58. The SMILES string of the molecule is CC.Cc1[nH]nc2c(Cl)c(F)ccc12. The fourth-order valence-corrected chi connectivity index (χ4v) is 1.36. The van der Waals surface area contributed by atoms with Crippen molar-refractivity contribution in [3.8, 4) is 0 Å². The molecule has 0 aliphatic rings. The van der Waals surface area contributed by atoms with E-state index in [1.54, 1.807) is 6.07 Å². The van der Waals surface area contributed by atoms with Crippen LogP contribution in [0.1, 0.15) is 19.5 Å². The maximum Gasteiger partial charge on any atom is 0.144 e. The van der Waals surface area contributed by atoms with Gasteiger partial charge in [0, 0.05) is 11.1 Å². The Morgan fingerprint density at radius 2 is 2.00 bits per heavy atom. The quantitative estimate of drug-likeness (QED) is 0.712. The van der Waals surface area contributed by atoms with Gasteiger partial charge in [-0.05, 0) is 19.1 Å². The number of hydrogen-bond donors (Lipinski definition) is 1. The van der Waals surface area contributed by atoms with Crippen molar-refractivity contribution < 1.29 is 4.39 Å². The highest BCUT2D eigenvalue weighted by Crippen LogP contribution is 2.25. The van der Waals surface area contributed by atoms with Crippen LogP contribution in [-0.4, -0.2) is 10.2 Å². The van der Waals surface area contributed by atoms with E-state index in [1.165, 1.54) is 6.07 Å².